The third kappa shape index (κ3) is 2.96. The number of carbonyl (C=O) groups excluding carboxylic acids is 2. The van der Waals surface area contributed by atoms with Gasteiger partial charge in [0.05, 0.1) is 29.1 Å². The summed E-state index contributed by atoms with van der Waals surface area (Å²) in [6.45, 7) is 4.03. The number of esters is 1. The third-order valence-electron chi connectivity index (χ3n) is 3.16. The van der Waals surface area contributed by atoms with Crippen molar-refractivity contribution in [1.29, 1.82) is 0 Å². The summed E-state index contributed by atoms with van der Waals surface area (Å²) in [5, 5.41) is 7.27. The molecule has 1 N–H and O–H groups in total. The van der Waals surface area contributed by atoms with Gasteiger partial charge in [-0.1, -0.05) is 23.7 Å². The van der Waals surface area contributed by atoms with Gasteiger partial charge in [0.1, 0.15) is 0 Å². The Balaban J connectivity index is 2.41. The number of amides is 1. The summed E-state index contributed by atoms with van der Waals surface area (Å²) < 4.78 is 6.26. The molecule has 0 fully saturated rings. The molecule has 0 aliphatic rings. The Bertz CT molecular complexity index is 725. The van der Waals surface area contributed by atoms with Crippen LogP contribution in [-0.2, 0) is 11.3 Å². The highest BCUT2D eigenvalue weighted by Crippen LogP contribution is 2.23. The molecule has 0 aliphatic carbocycles. The molecule has 0 saturated heterocycles. The third-order valence-corrected chi connectivity index (χ3v) is 3.49. The number of aryl methyl sites for hydroxylation is 2. The smallest absolute Gasteiger partial charge is 0.358 e. The minimum absolute atomic E-state index is 0.211. The maximum atomic E-state index is 12.4. The summed E-state index contributed by atoms with van der Waals surface area (Å²) in [6.07, 6.45) is 0. The largest absolute Gasteiger partial charge is 0.464 e. The van der Waals surface area contributed by atoms with Gasteiger partial charge in [0.15, 0.2) is 5.69 Å². The van der Waals surface area contributed by atoms with E-state index in [0.29, 0.717) is 28.5 Å². The first kappa shape index (κ1) is 16.0. The Hall–Kier alpha value is -2.34. The highest BCUT2D eigenvalue weighted by atomic mass is 35.5. The fraction of sp³-hybridized carbons (Fsp3) is 0.267. The second-order valence-electron chi connectivity index (χ2n) is 4.55. The van der Waals surface area contributed by atoms with Crippen LogP contribution < -0.4 is 5.32 Å². The minimum atomic E-state index is -0.558. The maximum absolute atomic E-state index is 12.4. The lowest BCUT2D eigenvalue weighted by Crippen LogP contribution is -2.17. The fourth-order valence-electron chi connectivity index (χ4n) is 2.09. The van der Waals surface area contributed by atoms with E-state index in [1.807, 2.05) is 6.92 Å². The molecule has 0 aliphatic heterocycles. The predicted molar refractivity (Wildman–Crippen MR) is 83.4 cm³/mol. The van der Waals surface area contributed by atoms with Gasteiger partial charge in [0.2, 0.25) is 0 Å². The first-order valence-electron chi connectivity index (χ1n) is 6.71. The van der Waals surface area contributed by atoms with Crippen molar-refractivity contribution < 1.29 is 14.3 Å². The zero-order chi connectivity index (χ0) is 16.3. The molecule has 0 atom stereocenters. The van der Waals surface area contributed by atoms with Gasteiger partial charge in [-0.25, -0.2) is 4.79 Å². The van der Waals surface area contributed by atoms with Crippen molar-refractivity contribution in [1.82, 2.24) is 9.78 Å². The van der Waals surface area contributed by atoms with Crippen LogP contribution in [0.1, 0.15) is 33.5 Å². The average molecular weight is 322 g/mol. The number of methoxy groups -OCH3 is 1. The van der Waals surface area contributed by atoms with E-state index < -0.39 is 11.9 Å². The van der Waals surface area contributed by atoms with Crippen LogP contribution in [0.25, 0.3) is 0 Å². The number of halogens is 1. The van der Waals surface area contributed by atoms with Gasteiger partial charge in [-0.15, -0.1) is 0 Å². The zero-order valence-corrected chi connectivity index (χ0v) is 13.3. The van der Waals surface area contributed by atoms with Crippen LogP contribution in [0, 0.1) is 6.92 Å². The first-order chi connectivity index (χ1) is 10.5. The van der Waals surface area contributed by atoms with Gasteiger partial charge in [0.25, 0.3) is 5.91 Å². The van der Waals surface area contributed by atoms with Crippen LogP contribution in [-0.4, -0.2) is 28.8 Å². The van der Waals surface area contributed by atoms with Crippen molar-refractivity contribution in [2.75, 3.05) is 12.4 Å². The molecule has 1 aromatic carbocycles. The van der Waals surface area contributed by atoms with Gasteiger partial charge in [-0.2, -0.15) is 5.10 Å². The van der Waals surface area contributed by atoms with E-state index in [0.717, 1.165) is 0 Å². The van der Waals surface area contributed by atoms with Gasteiger partial charge in [-0.3, -0.25) is 9.48 Å². The number of nitrogens with one attached hydrogen (secondary N) is 1. The van der Waals surface area contributed by atoms with Crippen molar-refractivity contribution in [3.8, 4) is 0 Å². The molecule has 2 aromatic rings. The van der Waals surface area contributed by atoms with Crippen LogP contribution in [0.15, 0.2) is 24.3 Å². The Morgan fingerprint density at radius 1 is 1.36 bits per heavy atom. The SMILES string of the molecule is CCn1nc(C)c(NC(=O)c2ccccc2Cl)c1C(=O)OC. The number of hydrogen-bond acceptors (Lipinski definition) is 4. The normalized spacial score (nSPS) is 10.4. The molecule has 0 unspecified atom stereocenters. The summed E-state index contributed by atoms with van der Waals surface area (Å²) in [4.78, 5) is 24.3. The first-order valence-corrected chi connectivity index (χ1v) is 7.09. The van der Waals surface area contributed by atoms with E-state index >= 15 is 0 Å². The molecular formula is C15H16ClN3O3. The molecule has 1 amide bonds. The molecule has 1 aromatic heterocycles. The molecule has 0 radical (unpaired) electrons. The van der Waals surface area contributed by atoms with Crippen LogP contribution in [0.4, 0.5) is 5.69 Å². The van der Waals surface area contributed by atoms with E-state index in [4.69, 9.17) is 16.3 Å². The Morgan fingerprint density at radius 3 is 2.64 bits per heavy atom. The van der Waals surface area contributed by atoms with Gasteiger partial charge >= 0.3 is 5.97 Å². The monoisotopic (exact) mass is 321 g/mol. The highest BCUT2D eigenvalue weighted by molar-refractivity contribution is 6.34. The molecule has 116 valence electrons. The lowest BCUT2D eigenvalue weighted by atomic mass is 10.2. The van der Waals surface area contributed by atoms with Crippen LogP contribution in [0.2, 0.25) is 5.02 Å². The number of ether oxygens (including phenoxy) is 1. The standard InChI is InChI=1S/C15H16ClN3O3/c1-4-19-13(15(21)22-3)12(9(2)18-19)17-14(20)10-7-5-6-8-11(10)16/h5-8H,4H2,1-3H3,(H,17,20). The molecule has 6 nitrogen and oxygen atoms in total. The van der Waals surface area contributed by atoms with E-state index in [2.05, 4.69) is 10.4 Å². The molecule has 0 spiro atoms. The second kappa shape index (κ2) is 6.62. The highest BCUT2D eigenvalue weighted by Gasteiger charge is 2.24. The van der Waals surface area contributed by atoms with Crippen LogP contribution >= 0.6 is 11.6 Å². The van der Waals surface area contributed by atoms with Gasteiger partial charge < -0.3 is 10.1 Å². The number of rotatable bonds is 4. The fourth-order valence-corrected chi connectivity index (χ4v) is 2.31. The molecule has 0 bridgehead atoms. The maximum Gasteiger partial charge on any atom is 0.358 e. The average Bonchev–Trinajstić information content (AvgIpc) is 2.83. The number of anilines is 1. The molecule has 22 heavy (non-hydrogen) atoms. The lowest BCUT2D eigenvalue weighted by molar-refractivity contribution is 0.0588. The Labute approximate surface area is 133 Å². The number of hydrogen-bond donors (Lipinski definition) is 1. The van der Waals surface area contributed by atoms with E-state index in [9.17, 15) is 9.59 Å². The van der Waals surface area contributed by atoms with E-state index in [1.54, 1.807) is 31.2 Å². The van der Waals surface area contributed by atoms with Gasteiger partial charge in [-0.05, 0) is 26.0 Å². The van der Waals surface area contributed by atoms with Crippen molar-refractivity contribution in [2.45, 2.75) is 20.4 Å². The van der Waals surface area contributed by atoms with E-state index in [-0.39, 0.29) is 5.69 Å². The Kier molecular flexibility index (Phi) is 4.82. The summed E-state index contributed by atoms with van der Waals surface area (Å²) >= 11 is 6.01. The minimum Gasteiger partial charge on any atom is -0.464 e. The topological polar surface area (TPSA) is 73.2 Å². The van der Waals surface area contributed by atoms with E-state index in [1.165, 1.54) is 11.8 Å². The predicted octanol–water partition coefficient (Wildman–Crippen LogP) is 2.90. The number of aromatic nitrogens is 2. The van der Waals surface area contributed by atoms with Crippen LogP contribution in [0.5, 0.6) is 0 Å². The van der Waals surface area contributed by atoms with Gasteiger partial charge in [0, 0.05) is 6.54 Å². The number of nitrogens with zero attached hydrogens (tertiary/aromatic N) is 2. The summed E-state index contributed by atoms with van der Waals surface area (Å²) in [7, 11) is 1.28. The number of benzene rings is 1. The van der Waals surface area contributed by atoms with Crippen LogP contribution in [0.3, 0.4) is 0 Å². The van der Waals surface area contributed by atoms with Crippen molar-refractivity contribution in [3.63, 3.8) is 0 Å². The molecule has 7 heteroatoms. The number of carbonyl (C=O) groups is 2. The quantitative estimate of drug-likeness (QED) is 0.879. The molecular weight excluding hydrogens is 306 g/mol. The Morgan fingerprint density at radius 2 is 2.05 bits per heavy atom. The molecule has 2 rings (SSSR count). The molecule has 0 saturated carbocycles. The second-order valence-corrected chi connectivity index (χ2v) is 4.96. The van der Waals surface area contributed by atoms with Crippen molar-refractivity contribution >= 4 is 29.2 Å². The summed E-state index contributed by atoms with van der Waals surface area (Å²) in [6, 6.07) is 6.68. The lowest BCUT2D eigenvalue weighted by Gasteiger charge is -2.09. The molecule has 1 heterocycles. The van der Waals surface area contributed by atoms with Crippen molar-refractivity contribution in [3.05, 3.63) is 46.2 Å². The summed E-state index contributed by atoms with van der Waals surface area (Å²) in [5.41, 5.74) is 1.40. The van der Waals surface area contributed by atoms with Crippen molar-refractivity contribution in [2.24, 2.45) is 0 Å². The zero-order valence-electron chi connectivity index (χ0n) is 12.5. The summed E-state index contributed by atoms with van der Waals surface area (Å²) in [5.74, 6) is -0.966.